The van der Waals surface area contributed by atoms with Crippen molar-refractivity contribution in [2.45, 2.75) is 45.4 Å². The maximum atomic E-state index is 11.6. The molecule has 0 bridgehead atoms. The quantitative estimate of drug-likeness (QED) is 0.759. The van der Waals surface area contributed by atoms with Crippen LogP contribution in [0.2, 0.25) is 0 Å². The summed E-state index contributed by atoms with van der Waals surface area (Å²) in [6, 6.07) is 0.188. The highest BCUT2D eigenvalue weighted by Gasteiger charge is 2.49. The minimum atomic E-state index is -0.387. The lowest BCUT2D eigenvalue weighted by atomic mass is 9.64. The molecule has 0 aromatic heterocycles. The monoisotopic (exact) mass is 215 g/mol. The van der Waals surface area contributed by atoms with Crippen LogP contribution in [0.1, 0.15) is 27.2 Å². The fourth-order valence-corrected chi connectivity index (χ4v) is 1.93. The Hall–Kier alpha value is -0.610. The van der Waals surface area contributed by atoms with Crippen LogP contribution in [0.3, 0.4) is 0 Å². The van der Waals surface area contributed by atoms with Gasteiger partial charge in [-0.15, -0.1) is 0 Å². The van der Waals surface area contributed by atoms with Gasteiger partial charge in [-0.2, -0.15) is 0 Å². The lowest BCUT2D eigenvalue weighted by molar-refractivity contribution is -0.140. The normalized spacial score (nSPS) is 30.5. The van der Waals surface area contributed by atoms with Gasteiger partial charge in [-0.25, -0.2) is 0 Å². The van der Waals surface area contributed by atoms with Gasteiger partial charge >= 0.3 is 0 Å². The SMILES string of the molecule is COC(C)C(=O)NC1CC(OC)C1(C)C. The van der Waals surface area contributed by atoms with Crippen molar-refractivity contribution in [1.82, 2.24) is 5.32 Å². The average Bonchev–Trinajstić information content (AvgIpc) is 2.21. The summed E-state index contributed by atoms with van der Waals surface area (Å²) in [7, 11) is 3.25. The molecule has 0 radical (unpaired) electrons. The molecule has 0 aromatic rings. The van der Waals surface area contributed by atoms with Crippen molar-refractivity contribution >= 4 is 5.91 Å². The smallest absolute Gasteiger partial charge is 0.249 e. The van der Waals surface area contributed by atoms with Crippen LogP contribution < -0.4 is 5.32 Å². The second-order valence-electron chi connectivity index (χ2n) is 4.72. The summed E-state index contributed by atoms with van der Waals surface area (Å²) in [5, 5.41) is 2.98. The first-order valence-corrected chi connectivity index (χ1v) is 5.29. The molecule has 1 fully saturated rings. The zero-order valence-electron chi connectivity index (χ0n) is 10.2. The van der Waals surface area contributed by atoms with Crippen LogP contribution in [0, 0.1) is 5.41 Å². The van der Waals surface area contributed by atoms with Crippen LogP contribution in [-0.4, -0.2) is 38.4 Å². The van der Waals surface area contributed by atoms with Gasteiger partial charge < -0.3 is 14.8 Å². The average molecular weight is 215 g/mol. The summed E-state index contributed by atoms with van der Waals surface area (Å²) < 4.78 is 10.3. The zero-order chi connectivity index (χ0) is 11.6. The summed E-state index contributed by atoms with van der Waals surface area (Å²) in [4.78, 5) is 11.6. The second kappa shape index (κ2) is 4.49. The number of nitrogens with one attached hydrogen (secondary N) is 1. The number of rotatable bonds is 4. The van der Waals surface area contributed by atoms with Crippen LogP contribution in [0.15, 0.2) is 0 Å². The van der Waals surface area contributed by atoms with Crippen molar-refractivity contribution in [3.8, 4) is 0 Å². The molecule has 4 heteroatoms. The van der Waals surface area contributed by atoms with Gasteiger partial charge in [0.1, 0.15) is 6.10 Å². The number of hydrogen-bond acceptors (Lipinski definition) is 3. The lowest BCUT2D eigenvalue weighted by Crippen LogP contribution is -2.62. The van der Waals surface area contributed by atoms with Crippen LogP contribution in [0.5, 0.6) is 0 Å². The van der Waals surface area contributed by atoms with Gasteiger partial charge in [-0.1, -0.05) is 13.8 Å². The van der Waals surface area contributed by atoms with Crippen molar-refractivity contribution in [3.05, 3.63) is 0 Å². The van der Waals surface area contributed by atoms with Gasteiger partial charge in [0.2, 0.25) is 5.91 Å². The van der Waals surface area contributed by atoms with E-state index in [9.17, 15) is 4.79 Å². The molecule has 3 atom stereocenters. The van der Waals surface area contributed by atoms with E-state index in [4.69, 9.17) is 9.47 Å². The molecular weight excluding hydrogens is 194 g/mol. The molecule has 0 aromatic carbocycles. The standard InChI is InChI=1S/C11H21NO3/c1-7(14-4)10(13)12-8-6-9(15-5)11(8,2)3/h7-9H,6H2,1-5H3,(H,12,13). The Labute approximate surface area is 91.3 Å². The van der Waals surface area contributed by atoms with Gasteiger partial charge in [0.15, 0.2) is 0 Å². The van der Waals surface area contributed by atoms with Crippen LogP contribution >= 0.6 is 0 Å². The number of hydrogen-bond donors (Lipinski definition) is 1. The fraction of sp³-hybridized carbons (Fsp3) is 0.909. The highest BCUT2D eigenvalue weighted by atomic mass is 16.5. The largest absolute Gasteiger partial charge is 0.381 e. The van der Waals surface area contributed by atoms with Crippen molar-refractivity contribution in [2.75, 3.05) is 14.2 Å². The van der Waals surface area contributed by atoms with E-state index in [0.29, 0.717) is 0 Å². The van der Waals surface area contributed by atoms with Crippen LogP contribution in [-0.2, 0) is 14.3 Å². The van der Waals surface area contributed by atoms with E-state index in [0.717, 1.165) is 6.42 Å². The highest BCUT2D eigenvalue weighted by molar-refractivity contribution is 5.80. The van der Waals surface area contributed by atoms with E-state index >= 15 is 0 Å². The second-order valence-corrected chi connectivity index (χ2v) is 4.72. The molecular formula is C11H21NO3. The van der Waals surface area contributed by atoms with E-state index in [1.54, 1.807) is 14.0 Å². The molecule has 1 aliphatic rings. The van der Waals surface area contributed by atoms with E-state index in [-0.39, 0.29) is 29.6 Å². The van der Waals surface area contributed by atoms with Gasteiger partial charge in [0.25, 0.3) is 0 Å². The molecule has 0 spiro atoms. The Kier molecular flexibility index (Phi) is 3.73. The number of carbonyl (C=O) groups is 1. The first-order chi connectivity index (χ1) is 6.93. The van der Waals surface area contributed by atoms with Gasteiger partial charge in [-0.3, -0.25) is 4.79 Å². The molecule has 88 valence electrons. The maximum absolute atomic E-state index is 11.6. The Bertz CT molecular complexity index is 240. The molecule has 3 unspecified atom stereocenters. The molecule has 1 N–H and O–H groups in total. The Morgan fingerprint density at radius 2 is 2.07 bits per heavy atom. The topological polar surface area (TPSA) is 47.6 Å². The maximum Gasteiger partial charge on any atom is 0.249 e. The van der Waals surface area contributed by atoms with E-state index < -0.39 is 0 Å². The first kappa shape index (κ1) is 12.5. The zero-order valence-corrected chi connectivity index (χ0v) is 10.2. The Balaban J connectivity index is 2.46. The lowest BCUT2D eigenvalue weighted by Gasteiger charge is -2.51. The molecule has 0 heterocycles. The number of ether oxygens (including phenoxy) is 2. The van der Waals surface area contributed by atoms with Crippen LogP contribution in [0.25, 0.3) is 0 Å². The van der Waals surface area contributed by atoms with Crippen molar-refractivity contribution in [3.63, 3.8) is 0 Å². The predicted octanol–water partition coefficient (Wildman–Crippen LogP) is 0.951. The summed E-state index contributed by atoms with van der Waals surface area (Å²) in [6.07, 6.45) is 0.731. The van der Waals surface area contributed by atoms with Crippen molar-refractivity contribution in [1.29, 1.82) is 0 Å². The van der Waals surface area contributed by atoms with Gasteiger partial charge in [0.05, 0.1) is 6.10 Å². The minimum Gasteiger partial charge on any atom is -0.381 e. The molecule has 1 amide bonds. The molecule has 0 saturated heterocycles. The number of amides is 1. The highest BCUT2D eigenvalue weighted by Crippen LogP contribution is 2.42. The third-order valence-corrected chi connectivity index (χ3v) is 3.50. The molecule has 1 aliphatic carbocycles. The molecule has 1 rings (SSSR count). The van der Waals surface area contributed by atoms with E-state index in [2.05, 4.69) is 19.2 Å². The summed E-state index contributed by atoms with van der Waals surface area (Å²) >= 11 is 0. The number of carbonyl (C=O) groups excluding carboxylic acids is 1. The Morgan fingerprint density at radius 3 is 2.47 bits per heavy atom. The molecule has 0 aliphatic heterocycles. The summed E-state index contributed by atoms with van der Waals surface area (Å²) in [6.45, 7) is 5.95. The predicted molar refractivity (Wildman–Crippen MR) is 57.6 cm³/mol. The fourth-order valence-electron chi connectivity index (χ4n) is 1.93. The van der Waals surface area contributed by atoms with E-state index in [1.807, 2.05) is 0 Å². The first-order valence-electron chi connectivity index (χ1n) is 5.29. The molecule has 15 heavy (non-hydrogen) atoms. The van der Waals surface area contributed by atoms with Gasteiger partial charge in [0, 0.05) is 25.7 Å². The number of methoxy groups -OCH3 is 2. The summed E-state index contributed by atoms with van der Waals surface area (Å²) in [5.41, 5.74) is 0.0118. The Morgan fingerprint density at radius 1 is 1.47 bits per heavy atom. The van der Waals surface area contributed by atoms with Crippen LogP contribution in [0.4, 0.5) is 0 Å². The molecule has 1 saturated carbocycles. The van der Waals surface area contributed by atoms with Crippen molar-refractivity contribution in [2.24, 2.45) is 5.41 Å². The third-order valence-electron chi connectivity index (χ3n) is 3.50. The van der Waals surface area contributed by atoms with E-state index in [1.165, 1.54) is 7.11 Å². The third kappa shape index (κ3) is 2.32. The summed E-state index contributed by atoms with van der Waals surface area (Å²) in [5.74, 6) is -0.0508. The van der Waals surface area contributed by atoms with Gasteiger partial charge in [-0.05, 0) is 13.3 Å². The minimum absolute atomic E-state index is 0.0118. The van der Waals surface area contributed by atoms with Crippen molar-refractivity contribution < 1.29 is 14.3 Å². The molecule has 4 nitrogen and oxygen atoms in total.